The van der Waals surface area contributed by atoms with Crippen LogP contribution in [0.15, 0.2) is 30.5 Å². The summed E-state index contributed by atoms with van der Waals surface area (Å²) in [7, 11) is 1.78. The fourth-order valence-electron chi connectivity index (χ4n) is 1.90. The number of esters is 1. The molecule has 0 bridgehead atoms. The predicted octanol–water partition coefficient (Wildman–Crippen LogP) is 2.08. The van der Waals surface area contributed by atoms with Crippen molar-refractivity contribution >= 4 is 11.7 Å². The van der Waals surface area contributed by atoms with E-state index in [1.54, 1.807) is 30.8 Å². The summed E-state index contributed by atoms with van der Waals surface area (Å²) in [6, 6.07) is 9.17. The summed E-state index contributed by atoms with van der Waals surface area (Å²) < 4.78 is 6.65. The van der Waals surface area contributed by atoms with Gasteiger partial charge in [0, 0.05) is 12.7 Å². The van der Waals surface area contributed by atoms with Gasteiger partial charge < -0.3 is 10.1 Å². The molecule has 2 aromatic rings. The van der Waals surface area contributed by atoms with E-state index >= 15 is 0 Å². The van der Waals surface area contributed by atoms with Gasteiger partial charge in [-0.2, -0.15) is 10.4 Å². The maximum Gasteiger partial charge on any atom is 0.341 e. The Bertz CT molecular complexity index is 668. The molecule has 108 valence electrons. The Balaban J connectivity index is 2.10. The first kappa shape index (κ1) is 14.6. The van der Waals surface area contributed by atoms with Crippen LogP contribution in [0.4, 0.5) is 5.69 Å². The molecule has 0 spiro atoms. The van der Waals surface area contributed by atoms with Crippen molar-refractivity contribution in [2.75, 3.05) is 11.9 Å². The zero-order valence-electron chi connectivity index (χ0n) is 12.0. The van der Waals surface area contributed by atoms with E-state index in [-0.39, 0.29) is 5.97 Å². The third-order valence-electron chi connectivity index (χ3n) is 3.03. The third kappa shape index (κ3) is 3.39. The number of hydrogen-bond acceptors (Lipinski definition) is 5. The lowest BCUT2D eigenvalue weighted by Gasteiger charge is -2.09. The molecule has 0 unspecified atom stereocenters. The first-order valence-corrected chi connectivity index (χ1v) is 6.57. The molecule has 1 aromatic carbocycles. The summed E-state index contributed by atoms with van der Waals surface area (Å²) in [4.78, 5) is 11.8. The largest absolute Gasteiger partial charge is 0.462 e. The average Bonchev–Trinajstić information content (AvgIpc) is 2.87. The maximum absolute atomic E-state index is 11.8. The molecule has 0 saturated heterocycles. The first-order valence-electron chi connectivity index (χ1n) is 6.57. The Kier molecular flexibility index (Phi) is 4.57. The topological polar surface area (TPSA) is 79.9 Å². The summed E-state index contributed by atoms with van der Waals surface area (Å²) in [5.41, 5.74) is 2.68. The highest BCUT2D eigenvalue weighted by Gasteiger charge is 2.16. The van der Waals surface area contributed by atoms with E-state index < -0.39 is 0 Å². The van der Waals surface area contributed by atoms with Gasteiger partial charge in [0.15, 0.2) is 0 Å². The molecule has 0 aliphatic carbocycles. The van der Waals surface area contributed by atoms with Crippen LogP contribution >= 0.6 is 0 Å². The molecule has 6 heteroatoms. The SMILES string of the molecule is CCOC(=O)c1cnn(C)c1CNc1ccc(C#N)cc1. The molecule has 0 atom stereocenters. The highest BCUT2D eigenvalue weighted by Crippen LogP contribution is 2.14. The molecule has 0 radical (unpaired) electrons. The summed E-state index contributed by atoms with van der Waals surface area (Å²) in [6.07, 6.45) is 1.51. The second kappa shape index (κ2) is 6.57. The van der Waals surface area contributed by atoms with Gasteiger partial charge in [-0.1, -0.05) is 0 Å². The van der Waals surface area contributed by atoms with E-state index in [0.29, 0.717) is 24.3 Å². The van der Waals surface area contributed by atoms with Gasteiger partial charge in [0.2, 0.25) is 0 Å². The maximum atomic E-state index is 11.8. The number of nitrogens with zero attached hydrogens (tertiary/aromatic N) is 3. The molecular formula is C15H16N4O2. The fraction of sp³-hybridized carbons (Fsp3) is 0.267. The molecule has 0 aliphatic heterocycles. The molecule has 0 saturated carbocycles. The average molecular weight is 284 g/mol. The fourth-order valence-corrected chi connectivity index (χ4v) is 1.90. The van der Waals surface area contributed by atoms with E-state index in [2.05, 4.69) is 16.5 Å². The van der Waals surface area contributed by atoms with Gasteiger partial charge in [0.1, 0.15) is 5.56 Å². The van der Waals surface area contributed by atoms with E-state index in [1.807, 2.05) is 12.1 Å². The molecule has 0 aliphatic rings. The lowest BCUT2D eigenvalue weighted by molar-refractivity contribution is 0.0525. The van der Waals surface area contributed by atoms with Gasteiger partial charge in [0.05, 0.1) is 36.7 Å². The predicted molar refractivity (Wildman–Crippen MR) is 77.6 cm³/mol. The first-order chi connectivity index (χ1) is 10.2. The van der Waals surface area contributed by atoms with Gasteiger partial charge in [-0.15, -0.1) is 0 Å². The standard InChI is InChI=1S/C15H16N4O2/c1-3-21-15(20)13-9-18-19(2)14(13)10-17-12-6-4-11(8-16)5-7-12/h4-7,9,17H,3,10H2,1-2H3. The number of benzene rings is 1. The van der Waals surface area contributed by atoms with Gasteiger partial charge in [0.25, 0.3) is 0 Å². The summed E-state index contributed by atoms with van der Waals surface area (Å²) in [5, 5.41) is 16.1. The normalized spacial score (nSPS) is 9.95. The molecule has 0 amide bonds. The van der Waals surface area contributed by atoms with Crippen molar-refractivity contribution in [1.82, 2.24) is 9.78 Å². The number of rotatable bonds is 5. The number of ether oxygens (including phenoxy) is 1. The number of hydrogen-bond donors (Lipinski definition) is 1. The number of carbonyl (C=O) groups excluding carboxylic acids is 1. The van der Waals surface area contributed by atoms with E-state index in [4.69, 9.17) is 10.00 Å². The van der Waals surface area contributed by atoms with Crippen molar-refractivity contribution in [3.8, 4) is 6.07 Å². The number of anilines is 1. The number of nitriles is 1. The van der Waals surface area contributed by atoms with Crippen LogP contribution < -0.4 is 5.32 Å². The minimum absolute atomic E-state index is 0.330. The molecule has 1 aromatic heterocycles. The van der Waals surface area contributed by atoms with Crippen LogP contribution in [0.5, 0.6) is 0 Å². The van der Waals surface area contributed by atoms with Crippen molar-refractivity contribution < 1.29 is 9.53 Å². The van der Waals surface area contributed by atoms with Crippen molar-refractivity contribution in [3.05, 3.63) is 47.3 Å². The molecule has 0 fully saturated rings. The quantitative estimate of drug-likeness (QED) is 0.850. The van der Waals surface area contributed by atoms with Crippen LogP contribution in [0.1, 0.15) is 28.5 Å². The van der Waals surface area contributed by atoms with Gasteiger partial charge in [-0.3, -0.25) is 4.68 Å². The number of nitrogens with one attached hydrogen (secondary N) is 1. The van der Waals surface area contributed by atoms with Gasteiger partial charge >= 0.3 is 5.97 Å². The summed E-state index contributed by atoms with van der Waals surface area (Å²) in [5.74, 6) is -0.373. The number of aryl methyl sites for hydroxylation is 1. The summed E-state index contributed by atoms with van der Waals surface area (Å²) in [6.45, 7) is 2.54. The van der Waals surface area contributed by atoms with Gasteiger partial charge in [-0.05, 0) is 31.2 Å². The Morgan fingerprint density at radius 2 is 2.14 bits per heavy atom. The molecule has 21 heavy (non-hydrogen) atoms. The van der Waals surface area contributed by atoms with Crippen LogP contribution in [0.2, 0.25) is 0 Å². The van der Waals surface area contributed by atoms with E-state index in [9.17, 15) is 4.79 Å². The summed E-state index contributed by atoms with van der Waals surface area (Å²) >= 11 is 0. The van der Waals surface area contributed by atoms with Crippen LogP contribution in [0.25, 0.3) is 0 Å². The highest BCUT2D eigenvalue weighted by molar-refractivity contribution is 5.90. The Morgan fingerprint density at radius 1 is 1.43 bits per heavy atom. The lowest BCUT2D eigenvalue weighted by atomic mass is 10.2. The number of carbonyl (C=O) groups is 1. The van der Waals surface area contributed by atoms with Crippen molar-refractivity contribution in [1.29, 1.82) is 5.26 Å². The van der Waals surface area contributed by atoms with Crippen molar-refractivity contribution in [2.24, 2.45) is 7.05 Å². The zero-order valence-corrected chi connectivity index (χ0v) is 12.0. The van der Waals surface area contributed by atoms with Crippen LogP contribution in [0.3, 0.4) is 0 Å². The molecule has 1 N–H and O–H groups in total. The van der Waals surface area contributed by atoms with Crippen molar-refractivity contribution in [3.63, 3.8) is 0 Å². The molecular weight excluding hydrogens is 268 g/mol. The minimum Gasteiger partial charge on any atom is -0.462 e. The second-order valence-corrected chi connectivity index (χ2v) is 4.39. The molecule has 2 rings (SSSR count). The molecule has 6 nitrogen and oxygen atoms in total. The Morgan fingerprint density at radius 3 is 2.76 bits per heavy atom. The smallest absolute Gasteiger partial charge is 0.341 e. The lowest BCUT2D eigenvalue weighted by Crippen LogP contribution is -2.12. The monoisotopic (exact) mass is 284 g/mol. The van der Waals surface area contributed by atoms with Crippen molar-refractivity contribution in [2.45, 2.75) is 13.5 Å². The minimum atomic E-state index is -0.373. The van der Waals surface area contributed by atoms with Crippen LogP contribution in [-0.2, 0) is 18.3 Å². The Hall–Kier alpha value is -2.81. The third-order valence-corrected chi connectivity index (χ3v) is 3.03. The van der Waals surface area contributed by atoms with Gasteiger partial charge in [-0.25, -0.2) is 4.79 Å². The highest BCUT2D eigenvalue weighted by atomic mass is 16.5. The number of aromatic nitrogens is 2. The Labute approximate surface area is 123 Å². The van der Waals surface area contributed by atoms with E-state index in [1.165, 1.54) is 6.20 Å². The second-order valence-electron chi connectivity index (χ2n) is 4.39. The van der Waals surface area contributed by atoms with Crippen LogP contribution in [-0.4, -0.2) is 22.4 Å². The molecule has 1 heterocycles. The van der Waals surface area contributed by atoms with E-state index in [0.717, 1.165) is 11.4 Å². The van der Waals surface area contributed by atoms with Crippen LogP contribution in [0, 0.1) is 11.3 Å². The zero-order chi connectivity index (χ0) is 15.2.